The van der Waals surface area contributed by atoms with Gasteiger partial charge in [0.25, 0.3) is 0 Å². The molecule has 0 atom stereocenters. The topological polar surface area (TPSA) is 34.4 Å². The highest BCUT2D eigenvalue weighted by Crippen LogP contribution is 2.23. The standard InChI is InChI=1S/C11H11ClN2O/c1-7-3-4-14-10(5-7)11(12)9(13-14)6-8(2)15/h3-5H,6H2,1-2H3. The van der Waals surface area contributed by atoms with Crippen LogP contribution in [0.5, 0.6) is 0 Å². The molecule has 0 unspecified atom stereocenters. The van der Waals surface area contributed by atoms with Crippen LogP contribution in [0.25, 0.3) is 5.52 Å². The summed E-state index contributed by atoms with van der Waals surface area (Å²) < 4.78 is 1.70. The summed E-state index contributed by atoms with van der Waals surface area (Å²) in [6.45, 7) is 3.53. The summed E-state index contributed by atoms with van der Waals surface area (Å²) in [5.74, 6) is 0.0667. The molecule has 0 N–H and O–H groups in total. The number of pyridine rings is 1. The van der Waals surface area contributed by atoms with Crippen molar-refractivity contribution < 1.29 is 4.79 Å². The molecule has 0 bridgehead atoms. The van der Waals surface area contributed by atoms with Gasteiger partial charge < -0.3 is 0 Å². The van der Waals surface area contributed by atoms with Crippen LogP contribution in [0.1, 0.15) is 18.2 Å². The minimum absolute atomic E-state index is 0.0667. The summed E-state index contributed by atoms with van der Waals surface area (Å²) in [5.41, 5.74) is 2.63. The van der Waals surface area contributed by atoms with E-state index in [2.05, 4.69) is 5.10 Å². The fourth-order valence-corrected chi connectivity index (χ4v) is 1.77. The average Bonchev–Trinajstić information content (AvgIpc) is 2.44. The summed E-state index contributed by atoms with van der Waals surface area (Å²) in [5, 5.41) is 4.84. The lowest BCUT2D eigenvalue weighted by Crippen LogP contribution is -1.97. The largest absolute Gasteiger partial charge is 0.300 e. The van der Waals surface area contributed by atoms with E-state index >= 15 is 0 Å². The van der Waals surface area contributed by atoms with Crippen molar-refractivity contribution in [1.82, 2.24) is 9.61 Å². The van der Waals surface area contributed by atoms with Gasteiger partial charge in [0, 0.05) is 6.20 Å². The Morgan fingerprint density at radius 2 is 2.33 bits per heavy atom. The van der Waals surface area contributed by atoms with Crippen molar-refractivity contribution in [3.8, 4) is 0 Å². The number of carbonyl (C=O) groups excluding carboxylic acids is 1. The fraction of sp³-hybridized carbons (Fsp3) is 0.273. The first-order valence-electron chi connectivity index (χ1n) is 4.70. The van der Waals surface area contributed by atoms with Gasteiger partial charge in [0.1, 0.15) is 5.78 Å². The second-order valence-corrected chi connectivity index (χ2v) is 4.05. The van der Waals surface area contributed by atoms with Crippen molar-refractivity contribution in [1.29, 1.82) is 0 Å². The van der Waals surface area contributed by atoms with Gasteiger partial charge in [-0.05, 0) is 31.5 Å². The SMILES string of the molecule is CC(=O)Cc1nn2ccc(C)cc2c1Cl. The number of ketones is 1. The lowest BCUT2D eigenvalue weighted by atomic mass is 10.2. The average molecular weight is 223 g/mol. The lowest BCUT2D eigenvalue weighted by Gasteiger charge is -1.93. The van der Waals surface area contributed by atoms with E-state index in [4.69, 9.17) is 11.6 Å². The van der Waals surface area contributed by atoms with Crippen LogP contribution < -0.4 is 0 Å². The Balaban J connectivity index is 2.59. The van der Waals surface area contributed by atoms with Crippen LogP contribution >= 0.6 is 11.6 Å². The Bertz CT molecular complexity index is 531. The zero-order valence-corrected chi connectivity index (χ0v) is 9.38. The van der Waals surface area contributed by atoms with Crippen LogP contribution in [0.15, 0.2) is 18.3 Å². The maximum absolute atomic E-state index is 11.0. The lowest BCUT2D eigenvalue weighted by molar-refractivity contribution is -0.116. The van der Waals surface area contributed by atoms with Crippen molar-refractivity contribution >= 4 is 22.9 Å². The normalized spacial score (nSPS) is 10.9. The van der Waals surface area contributed by atoms with E-state index in [1.807, 2.05) is 25.3 Å². The quantitative estimate of drug-likeness (QED) is 0.782. The summed E-state index contributed by atoms with van der Waals surface area (Å²) in [4.78, 5) is 11.0. The maximum atomic E-state index is 11.0. The number of carbonyl (C=O) groups is 1. The minimum Gasteiger partial charge on any atom is -0.300 e. The van der Waals surface area contributed by atoms with Gasteiger partial charge >= 0.3 is 0 Å². The smallest absolute Gasteiger partial charge is 0.135 e. The molecule has 0 radical (unpaired) electrons. The van der Waals surface area contributed by atoms with Crippen molar-refractivity contribution in [2.45, 2.75) is 20.3 Å². The molecular formula is C11H11ClN2O. The Hall–Kier alpha value is -1.35. The molecule has 0 aliphatic rings. The summed E-state index contributed by atoms with van der Waals surface area (Å²) in [6, 6.07) is 3.91. The number of rotatable bonds is 2. The van der Waals surface area contributed by atoms with E-state index in [1.165, 1.54) is 6.92 Å². The Morgan fingerprint density at radius 1 is 1.60 bits per heavy atom. The van der Waals surface area contributed by atoms with Gasteiger partial charge in [0.15, 0.2) is 0 Å². The van der Waals surface area contributed by atoms with E-state index < -0.39 is 0 Å². The zero-order valence-electron chi connectivity index (χ0n) is 8.62. The molecule has 4 heteroatoms. The van der Waals surface area contributed by atoms with E-state index in [9.17, 15) is 4.79 Å². The van der Waals surface area contributed by atoms with E-state index in [-0.39, 0.29) is 5.78 Å². The number of hydrogen-bond acceptors (Lipinski definition) is 2. The molecule has 0 amide bonds. The van der Waals surface area contributed by atoms with Crippen LogP contribution in [0.2, 0.25) is 5.02 Å². The maximum Gasteiger partial charge on any atom is 0.135 e. The van der Waals surface area contributed by atoms with Crippen molar-refractivity contribution in [3.63, 3.8) is 0 Å². The Morgan fingerprint density at radius 3 is 3.00 bits per heavy atom. The highest BCUT2D eigenvalue weighted by molar-refractivity contribution is 6.34. The first-order chi connectivity index (χ1) is 7.08. The van der Waals surface area contributed by atoms with Gasteiger partial charge in [0.2, 0.25) is 0 Å². The fourth-order valence-electron chi connectivity index (χ4n) is 1.52. The number of aryl methyl sites for hydroxylation is 1. The van der Waals surface area contributed by atoms with Gasteiger partial charge in [-0.25, -0.2) is 4.52 Å². The molecular weight excluding hydrogens is 212 g/mol. The minimum atomic E-state index is 0.0667. The van der Waals surface area contributed by atoms with Crippen LogP contribution in [0.4, 0.5) is 0 Å². The van der Waals surface area contributed by atoms with E-state index in [0.29, 0.717) is 17.1 Å². The summed E-state index contributed by atoms with van der Waals surface area (Å²) in [6.07, 6.45) is 2.14. The zero-order chi connectivity index (χ0) is 11.0. The number of aromatic nitrogens is 2. The molecule has 0 spiro atoms. The molecule has 0 fully saturated rings. The monoisotopic (exact) mass is 222 g/mol. The molecule has 15 heavy (non-hydrogen) atoms. The van der Waals surface area contributed by atoms with E-state index in [0.717, 1.165) is 11.1 Å². The molecule has 0 saturated heterocycles. The van der Waals surface area contributed by atoms with Crippen LogP contribution in [0.3, 0.4) is 0 Å². The van der Waals surface area contributed by atoms with Gasteiger partial charge in [0.05, 0.1) is 22.7 Å². The molecule has 0 aliphatic carbocycles. The molecule has 3 nitrogen and oxygen atoms in total. The first kappa shape index (κ1) is 10.2. The van der Waals surface area contributed by atoms with Gasteiger partial charge in [-0.2, -0.15) is 5.10 Å². The number of fused-ring (bicyclic) bond motifs is 1. The van der Waals surface area contributed by atoms with Crippen molar-refractivity contribution in [2.24, 2.45) is 0 Å². The molecule has 2 rings (SSSR count). The highest BCUT2D eigenvalue weighted by Gasteiger charge is 2.11. The number of hydrogen-bond donors (Lipinski definition) is 0. The highest BCUT2D eigenvalue weighted by atomic mass is 35.5. The predicted octanol–water partition coefficient (Wildman–Crippen LogP) is 2.43. The molecule has 78 valence electrons. The van der Waals surface area contributed by atoms with Gasteiger partial charge in [-0.3, -0.25) is 4.79 Å². The number of halogens is 1. The second-order valence-electron chi connectivity index (χ2n) is 3.67. The van der Waals surface area contributed by atoms with Crippen LogP contribution in [-0.2, 0) is 11.2 Å². The molecule has 2 aromatic rings. The third-order valence-corrected chi connectivity index (χ3v) is 2.62. The van der Waals surface area contributed by atoms with Crippen molar-refractivity contribution in [3.05, 3.63) is 34.6 Å². The predicted molar refractivity (Wildman–Crippen MR) is 59.3 cm³/mol. The Labute approximate surface area is 92.7 Å². The van der Waals surface area contributed by atoms with Crippen LogP contribution in [0, 0.1) is 6.92 Å². The molecule has 2 aromatic heterocycles. The molecule has 0 aromatic carbocycles. The molecule has 0 saturated carbocycles. The summed E-state index contributed by atoms with van der Waals surface area (Å²) >= 11 is 6.14. The first-order valence-corrected chi connectivity index (χ1v) is 5.08. The van der Waals surface area contributed by atoms with Gasteiger partial charge in [-0.15, -0.1) is 0 Å². The third kappa shape index (κ3) is 1.88. The number of Topliss-reactive ketones (excluding diaryl/α,β-unsaturated/α-hetero) is 1. The molecule has 2 heterocycles. The van der Waals surface area contributed by atoms with Gasteiger partial charge in [-0.1, -0.05) is 11.6 Å². The summed E-state index contributed by atoms with van der Waals surface area (Å²) in [7, 11) is 0. The van der Waals surface area contributed by atoms with Crippen LogP contribution in [-0.4, -0.2) is 15.4 Å². The third-order valence-electron chi connectivity index (χ3n) is 2.21. The second kappa shape index (κ2) is 3.66. The number of nitrogens with zero attached hydrogens (tertiary/aromatic N) is 2. The van der Waals surface area contributed by atoms with Crippen molar-refractivity contribution in [2.75, 3.05) is 0 Å². The van der Waals surface area contributed by atoms with E-state index in [1.54, 1.807) is 4.52 Å². The molecule has 0 aliphatic heterocycles. The Kier molecular flexibility index (Phi) is 2.49.